The van der Waals surface area contributed by atoms with Gasteiger partial charge in [0.25, 0.3) is 0 Å². The van der Waals surface area contributed by atoms with Crippen molar-refractivity contribution >= 4 is 44.8 Å². The Labute approximate surface area is 134 Å². The fourth-order valence-corrected chi connectivity index (χ4v) is 2.39. The predicted molar refractivity (Wildman–Crippen MR) is 87.7 cm³/mol. The first-order valence-corrected chi connectivity index (χ1v) is 7.75. The summed E-state index contributed by atoms with van der Waals surface area (Å²) in [6.45, 7) is 0.522. The van der Waals surface area contributed by atoms with Crippen LogP contribution in [0.1, 0.15) is 16.0 Å². The van der Waals surface area contributed by atoms with Gasteiger partial charge in [-0.3, -0.25) is 0 Å². The number of hydrogen-bond donors (Lipinski definition) is 0. The van der Waals surface area contributed by atoms with Gasteiger partial charge in [0.1, 0.15) is 18.6 Å². The van der Waals surface area contributed by atoms with E-state index in [9.17, 15) is 4.79 Å². The first-order chi connectivity index (χ1) is 9.20. The molecular formula is C15H12BrIO2. The lowest BCUT2D eigenvalue weighted by atomic mass is 10.1. The number of hydrogen-bond acceptors (Lipinski definition) is 2. The van der Waals surface area contributed by atoms with Crippen molar-refractivity contribution in [3.05, 3.63) is 63.2 Å². The molecule has 2 nitrogen and oxygen atoms in total. The summed E-state index contributed by atoms with van der Waals surface area (Å²) in [5, 5.41) is 0. The molecule has 0 aliphatic heterocycles. The molecule has 1 atom stereocenters. The van der Waals surface area contributed by atoms with E-state index in [1.165, 1.54) is 0 Å². The van der Waals surface area contributed by atoms with E-state index in [0.29, 0.717) is 6.61 Å². The second-order valence-electron chi connectivity index (χ2n) is 4.00. The number of ether oxygens (including phenoxy) is 1. The zero-order chi connectivity index (χ0) is 13.7. The number of carbonyl (C=O) groups excluding carboxylic acids is 1. The molecule has 0 bridgehead atoms. The summed E-state index contributed by atoms with van der Waals surface area (Å²) in [6, 6.07) is 15.8. The summed E-state index contributed by atoms with van der Waals surface area (Å²) in [4.78, 5) is 10.5. The first kappa shape index (κ1) is 14.5. The van der Waals surface area contributed by atoms with Gasteiger partial charge in [-0.2, -0.15) is 0 Å². The fourth-order valence-electron chi connectivity index (χ4n) is 1.62. The fraction of sp³-hybridized carbons (Fsp3) is 0.133. The average Bonchev–Trinajstić information content (AvgIpc) is 2.46. The second kappa shape index (κ2) is 7.05. The first-order valence-electron chi connectivity index (χ1n) is 5.76. The molecule has 0 N–H and O–H groups in total. The van der Waals surface area contributed by atoms with E-state index in [4.69, 9.17) is 4.74 Å². The predicted octanol–water partition coefficient (Wildman–Crippen LogP) is 4.51. The minimum absolute atomic E-state index is 0.288. The maximum absolute atomic E-state index is 10.8. The zero-order valence-corrected chi connectivity index (χ0v) is 13.8. The van der Waals surface area contributed by atoms with E-state index >= 15 is 0 Å². The minimum Gasteiger partial charge on any atom is -0.488 e. The molecule has 0 saturated carbocycles. The Balaban J connectivity index is 2.13. The van der Waals surface area contributed by atoms with E-state index in [1.54, 1.807) is 0 Å². The monoisotopic (exact) mass is 430 g/mol. The molecule has 2 rings (SSSR count). The average molecular weight is 431 g/mol. The zero-order valence-electron chi connectivity index (χ0n) is 10.1. The SMILES string of the molecule is O=CC(Br)c1ccc(I)c(OCc2ccccc2)c1. The molecule has 19 heavy (non-hydrogen) atoms. The summed E-state index contributed by atoms with van der Waals surface area (Å²) >= 11 is 5.54. The summed E-state index contributed by atoms with van der Waals surface area (Å²) in [7, 11) is 0. The van der Waals surface area contributed by atoms with Gasteiger partial charge in [0.05, 0.1) is 8.40 Å². The standard InChI is InChI=1S/C15H12BrIO2/c16-13(9-18)12-6-7-14(17)15(8-12)19-10-11-4-2-1-3-5-11/h1-9,13H,10H2. The van der Waals surface area contributed by atoms with Gasteiger partial charge in [-0.15, -0.1) is 0 Å². The highest BCUT2D eigenvalue weighted by molar-refractivity contribution is 14.1. The van der Waals surface area contributed by atoms with Crippen LogP contribution in [0.5, 0.6) is 5.75 Å². The Morgan fingerprint density at radius 2 is 1.95 bits per heavy atom. The maximum atomic E-state index is 10.8. The molecule has 2 aromatic carbocycles. The third kappa shape index (κ3) is 4.04. The molecule has 0 aromatic heterocycles. The number of carbonyl (C=O) groups is 1. The van der Waals surface area contributed by atoms with Crippen molar-refractivity contribution in [2.45, 2.75) is 11.4 Å². The van der Waals surface area contributed by atoms with E-state index in [-0.39, 0.29) is 4.83 Å². The van der Waals surface area contributed by atoms with Crippen LogP contribution in [0.25, 0.3) is 0 Å². The van der Waals surface area contributed by atoms with E-state index < -0.39 is 0 Å². The van der Waals surface area contributed by atoms with Gasteiger partial charge in [0, 0.05) is 0 Å². The second-order valence-corrected chi connectivity index (χ2v) is 6.15. The molecule has 4 heteroatoms. The highest BCUT2D eigenvalue weighted by atomic mass is 127. The Morgan fingerprint density at radius 3 is 2.63 bits per heavy atom. The van der Waals surface area contributed by atoms with Gasteiger partial charge in [-0.25, -0.2) is 0 Å². The number of halogens is 2. The lowest BCUT2D eigenvalue weighted by Crippen LogP contribution is -1.99. The molecule has 1 unspecified atom stereocenters. The van der Waals surface area contributed by atoms with Gasteiger partial charge >= 0.3 is 0 Å². The van der Waals surface area contributed by atoms with Crippen molar-refractivity contribution in [2.75, 3.05) is 0 Å². The quantitative estimate of drug-likeness (QED) is 0.396. The van der Waals surface area contributed by atoms with Gasteiger partial charge in [0.2, 0.25) is 0 Å². The number of alkyl halides is 1. The molecule has 0 fully saturated rings. The molecule has 0 amide bonds. The molecule has 0 spiro atoms. The lowest BCUT2D eigenvalue weighted by Gasteiger charge is -2.11. The normalized spacial score (nSPS) is 11.9. The number of benzene rings is 2. The molecule has 2 aromatic rings. The van der Waals surface area contributed by atoms with Crippen molar-refractivity contribution in [2.24, 2.45) is 0 Å². The third-order valence-corrected chi connectivity index (χ3v) is 4.27. The van der Waals surface area contributed by atoms with Crippen LogP contribution in [0.15, 0.2) is 48.5 Å². The van der Waals surface area contributed by atoms with Crippen LogP contribution in [0, 0.1) is 3.57 Å². The molecule has 0 heterocycles. The van der Waals surface area contributed by atoms with Crippen LogP contribution >= 0.6 is 38.5 Å². The highest BCUT2D eigenvalue weighted by Gasteiger charge is 2.09. The minimum atomic E-state index is -0.288. The third-order valence-electron chi connectivity index (χ3n) is 2.63. The molecule has 0 aliphatic rings. The Hall–Kier alpha value is -0.880. The smallest absolute Gasteiger partial charge is 0.138 e. The van der Waals surface area contributed by atoms with E-state index in [1.807, 2.05) is 48.5 Å². The summed E-state index contributed by atoms with van der Waals surface area (Å²) in [5.41, 5.74) is 2.02. The van der Waals surface area contributed by atoms with Crippen molar-refractivity contribution in [3.63, 3.8) is 0 Å². The number of rotatable bonds is 5. The lowest BCUT2D eigenvalue weighted by molar-refractivity contribution is -0.107. The topological polar surface area (TPSA) is 26.3 Å². The molecule has 0 saturated heterocycles. The van der Waals surface area contributed by atoms with E-state index in [2.05, 4.69) is 38.5 Å². The van der Waals surface area contributed by atoms with Crippen LogP contribution in [0.2, 0.25) is 0 Å². The van der Waals surface area contributed by atoms with Crippen LogP contribution in [-0.4, -0.2) is 6.29 Å². The maximum Gasteiger partial charge on any atom is 0.138 e. The van der Waals surface area contributed by atoms with Crippen molar-refractivity contribution in [1.29, 1.82) is 0 Å². The molecule has 0 aliphatic carbocycles. The van der Waals surface area contributed by atoms with Gasteiger partial charge in [-0.1, -0.05) is 52.3 Å². The Morgan fingerprint density at radius 1 is 1.21 bits per heavy atom. The van der Waals surface area contributed by atoms with Crippen molar-refractivity contribution < 1.29 is 9.53 Å². The summed E-state index contributed by atoms with van der Waals surface area (Å²) in [5.74, 6) is 0.799. The number of aldehydes is 1. The van der Waals surface area contributed by atoms with Gasteiger partial charge in [-0.05, 0) is 45.9 Å². The molecule has 98 valence electrons. The van der Waals surface area contributed by atoms with Crippen LogP contribution in [-0.2, 0) is 11.4 Å². The Kier molecular flexibility index (Phi) is 5.39. The Bertz CT molecular complexity index is 557. The van der Waals surface area contributed by atoms with Crippen LogP contribution in [0.3, 0.4) is 0 Å². The highest BCUT2D eigenvalue weighted by Crippen LogP contribution is 2.28. The van der Waals surface area contributed by atoms with Gasteiger partial charge in [0.15, 0.2) is 0 Å². The van der Waals surface area contributed by atoms with Crippen molar-refractivity contribution in [1.82, 2.24) is 0 Å². The summed E-state index contributed by atoms with van der Waals surface area (Å²) in [6.07, 6.45) is 0.864. The van der Waals surface area contributed by atoms with Gasteiger partial charge < -0.3 is 9.53 Å². The van der Waals surface area contributed by atoms with E-state index in [0.717, 1.165) is 26.7 Å². The molecular weight excluding hydrogens is 419 g/mol. The van der Waals surface area contributed by atoms with Crippen molar-refractivity contribution in [3.8, 4) is 5.75 Å². The van der Waals surface area contributed by atoms with Crippen LogP contribution in [0.4, 0.5) is 0 Å². The van der Waals surface area contributed by atoms with Crippen LogP contribution < -0.4 is 4.74 Å². The largest absolute Gasteiger partial charge is 0.488 e. The summed E-state index contributed by atoms with van der Waals surface area (Å²) < 4.78 is 6.84. The molecule has 0 radical (unpaired) electrons.